The summed E-state index contributed by atoms with van der Waals surface area (Å²) in [5.74, 6) is 1.81. The van der Waals surface area contributed by atoms with Crippen LogP contribution in [0.4, 0.5) is 0 Å². The quantitative estimate of drug-likeness (QED) is 0.232. The van der Waals surface area contributed by atoms with E-state index in [1.54, 1.807) is 6.08 Å². The van der Waals surface area contributed by atoms with Gasteiger partial charge in [-0.15, -0.1) is 19.7 Å². The van der Waals surface area contributed by atoms with E-state index in [0.29, 0.717) is 17.9 Å². The minimum Gasteiger partial charge on any atom is -0.400 e. The summed E-state index contributed by atoms with van der Waals surface area (Å²) >= 11 is 0. The van der Waals surface area contributed by atoms with Gasteiger partial charge in [0.1, 0.15) is 0 Å². The number of hydrogen-bond donors (Lipinski definition) is 2. The van der Waals surface area contributed by atoms with E-state index < -0.39 is 0 Å². The van der Waals surface area contributed by atoms with Crippen molar-refractivity contribution < 1.29 is 74.0 Å². The van der Waals surface area contributed by atoms with Gasteiger partial charge >= 0.3 is 68.9 Å². The van der Waals surface area contributed by atoms with Crippen LogP contribution in [0.5, 0.6) is 0 Å². The van der Waals surface area contributed by atoms with Crippen molar-refractivity contribution in [2.24, 2.45) is 5.73 Å². The first-order valence-corrected chi connectivity index (χ1v) is 15.0. The van der Waals surface area contributed by atoms with E-state index in [1.165, 1.54) is 66.3 Å². The molecule has 1 atom stereocenters. The molecular weight excluding hydrogens is 619 g/mol. The Kier molecular flexibility index (Phi) is 21.0. The average molecular weight is 672 g/mol. The summed E-state index contributed by atoms with van der Waals surface area (Å²) in [5.41, 5.74) is 13.4. The van der Waals surface area contributed by atoms with Crippen LogP contribution in [0, 0.1) is 6.42 Å². The zero-order valence-corrected chi connectivity index (χ0v) is 32.3. The van der Waals surface area contributed by atoms with Gasteiger partial charge in [0.2, 0.25) is 0 Å². The molecule has 0 amide bonds. The van der Waals surface area contributed by atoms with Gasteiger partial charge < -0.3 is 17.3 Å². The van der Waals surface area contributed by atoms with Crippen LogP contribution in [0.25, 0.3) is 0 Å². The summed E-state index contributed by atoms with van der Waals surface area (Å²) in [6.07, 6.45) is 15.2. The second-order valence-corrected chi connectivity index (χ2v) is 10.7. The first-order chi connectivity index (χ1) is 19.7. The smallest absolute Gasteiger partial charge is 0.400 e. The molecule has 2 aliphatic rings. The van der Waals surface area contributed by atoms with Crippen LogP contribution in [0.1, 0.15) is 104 Å². The summed E-state index contributed by atoms with van der Waals surface area (Å²) < 4.78 is 0. The van der Waals surface area contributed by atoms with E-state index in [1.807, 2.05) is 6.92 Å². The Labute approximate surface area is 310 Å². The van der Waals surface area contributed by atoms with E-state index in [9.17, 15) is 0 Å². The molecule has 0 aliphatic heterocycles. The van der Waals surface area contributed by atoms with Gasteiger partial charge in [0, 0.05) is 19.1 Å². The zero-order chi connectivity index (χ0) is 29.2. The maximum absolute atomic E-state index is 7.00. The molecule has 2 aliphatic carbocycles. The molecule has 2 saturated carbocycles. The number of hydrogen-bond acceptors (Lipinski definition) is 2. The third-order valence-corrected chi connectivity index (χ3v) is 8.11. The Balaban J connectivity index is 0.000000969. The van der Waals surface area contributed by atoms with E-state index in [2.05, 4.69) is 105 Å². The van der Waals surface area contributed by atoms with Crippen molar-refractivity contribution in [3.05, 3.63) is 139 Å². The van der Waals surface area contributed by atoms with Crippen LogP contribution in [0.15, 0.2) is 105 Å². The SMILES string of the molecule is C=C.C=CC.CO.NC1CCC(c2ccc(CC(c3ccccc3)c3ccc(C4CC[CH-]CC4)cc3)cc2)CC1.[Cs+]. The van der Waals surface area contributed by atoms with E-state index in [4.69, 9.17) is 10.8 Å². The summed E-state index contributed by atoms with van der Waals surface area (Å²) in [4.78, 5) is 0. The first-order valence-electron chi connectivity index (χ1n) is 15.0. The van der Waals surface area contributed by atoms with Crippen LogP contribution in [0.2, 0.25) is 0 Å². The number of aliphatic hydroxyl groups is 1. The molecule has 0 heterocycles. The molecule has 0 radical (unpaired) electrons. The van der Waals surface area contributed by atoms with E-state index >= 15 is 0 Å². The molecule has 3 aromatic rings. The van der Waals surface area contributed by atoms with Crippen LogP contribution in [0.3, 0.4) is 0 Å². The van der Waals surface area contributed by atoms with Crippen molar-refractivity contribution in [2.75, 3.05) is 7.11 Å². The number of allylic oxidation sites excluding steroid dienone is 1. The maximum atomic E-state index is 7.00. The predicted molar refractivity (Wildman–Crippen MR) is 175 cm³/mol. The third kappa shape index (κ3) is 12.7. The molecule has 216 valence electrons. The fourth-order valence-corrected chi connectivity index (χ4v) is 5.99. The molecule has 0 spiro atoms. The first kappa shape index (κ1) is 38.1. The Morgan fingerprint density at radius 1 is 0.756 bits per heavy atom. The van der Waals surface area contributed by atoms with Gasteiger partial charge in [-0.3, -0.25) is 0 Å². The van der Waals surface area contributed by atoms with Gasteiger partial charge in [0.15, 0.2) is 0 Å². The molecular formula is C38H52CsNO. The molecule has 0 bridgehead atoms. The molecule has 2 nitrogen and oxygen atoms in total. The van der Waals surface area contributed by atoms with Crippen molar-refractivity contribution in [2.45, 2.75) is 88.5 Å². The van der Waals surface area contributed by atoms with Gasteiger partial charge in [-0.05, 0) is 78.7 Å². The Morgan fingerprint density at radius 2 is 1.20 bits per heavy atom. The van der Waals surface area contributed by atoms with Gasteiger partial charge in [-0.2, -0.15) is 12.8 Å². The minimum atomic E-state index is 0. The Morgan fingerprint density at radius 3 is 1.71 bits per heavy atom. The van der Waals surface area contributed by atoms with E-state index in [-0.39, 0.29) is 68.9 Å². The van der Waals surface area contributed by atoms with Gasteiger partial charge in [-0.25, -0.2) is 0 Å². The van der Waals surface area contributed by atoms with Crippen LogP contribution in [-0.4, -0.2) is 18.3 Å². The maximum Gasteiger partial charge on any atom is 1.00 e. The average Bonchev–Trinajstić information content (AvgIpc) is 3.04. The second kappa shape index (κ2) is 22.6. The molecule has 0 aromatic heterocycles. The standard InChI is InChI=1S/C32H38N.C3H6.C2H4.CH4O.Cs/c33-31-21-19-28(20-22-31)26-13-11-24(12-14-26)23-32(29-9-5-2-6-10-29)30-17-15-27(16-18-30)25-7-3-1-4-8-25;1-3-2;2*1-2;/h1-2,5-6,9-18,25,28,31-32H,3-4,7-8,19-23,33H2;3H,1H2,2H3;1-2H2;2H,1H3;/q-1;;;;+1. The molecule has 2 fully saturated rings. The number of nitrogens with two attached hydrogens (primary N) is 1. The van der Waals surface area contributed by atoms with Crippen LogP contribution >= 0.6 is 0 Å². The summed E-state index contributed by atoms with van der Waals surface area (Å²) in [6.45, 7) is 11.2. The van der Waals surface area contributed by atoms with Crippen molar-refractivity contribution in [1.29, 1.82) is 0 Å². The normalized spacial score (nSPS) is 18.8. The second-order valence-electron chi connectivity index (χ2n) is 10.7. The van der Waals surface area contributed by atoms with Crippen molar-refractivity contribution in [1.82, 2.24) is 0 Å². The summed E-state index contributed by atoms with van der Waals surface area (Å²) in [6, 6.07) is 30.5. The molecule has 3 aromatic carbocycles. The minimum absolute atomic E-state index is 0. The van der Waals surface area contributed by atoms with Crippen molar-refractivity contribution in [3.8, 4) is 0 Å². The monoisotopic (exact) mass is 671 g/mol. The van der Waals surface area contributed by atoms with Gasteiger partial charge in [-0.1, -0.05) is 97.8 Å². The molecule has 3 heteroatoms. The number of aliphatic hydroxyl groups excluding tert-OH is 1. The third-order valence-electron chi connectivity index (χ3n) is 8.11. The number of rotatable bonds is 6. The molecule has 3 N–H and O–H groups in total. The fraction of sp³-hybridized carbons (Fsp3) is 0.395. The van der Waals surface area contributed by atoms with Crippen LogP contribution in [-0.2, 0) is 6.42 Å². The molecule has 0 saturated heterocycles. The van der Waals surface area contributed by atoms with Crippen molar-refractivity contribution in [3.63, 3.8) is 0 Å². The van der Waals surface area contributed by atoms with E-state index in [0.717, 1.165) is 32.3 Å². The Hall–Kier alpha value is -0.888. The van der Waals surface area contributed by atoms with Gasteiger partial charge in [0.05, 0.1) is 0 Å². The molecule has 41 heavy (non-hydrogen) atoms. The van der Waals surface area contributed by atoms with Crippen molar-refractivity contribution >= 4 is 0 Å². The molecule has 5 rings (SSSR count). The number of benzene rings is 3. The van der Waals surface area contributed by atoms with Crippen LogP contribution < -0.4 is 74.6 Å². The molecule has 1 unspecified atom stereocenters. The summed E-state index contributed by atoms with van der Waals surface area (Å²) in [7, 11) is 1.00. The fourth-order valence-electron chi connectivity index (χ4n) is 5.99. The topological polar surface area (TPSA) is 46.2 Å². The predicted octanol–water partition coefficient (Wildman–Crippen LogP) is 6.51. The summed E-state index contributed by atoms with van der Waals surface area (Å²) in [5, 5.41) is 7.00. The Bertz CT molecular complexity index is 1050. The largest absolute Gasteiger partial charge is 1.00 e. The zero-order valence-electron chi connectivity index (χ0n) is 26.0. The van der Waals surface area contributed by atoms with Gasteiger partial charge in [0.25, 0.3) is 0 Å².